The van der Waals surface area contributed by atoms with Crippen molar-refractivity contribution in [1.29, 1.82) is 0 Å². The van der Waals surface area contributed by atoms with Crippen LogP contribution in [0, 0.1) is 24.4 Å². The first-order valence-electron chi connectivity index (χ1n) is 16.7. The first-order valence-corrected chi connectivity index (χ1v) is 17.4. The summed E-state index contributed by atoms with van der Waals surface area (Å²) in [5.41, 5.74) is 6.65. The lowest BCUT2D eigenvalue weighted by Gasteiger charge is -2.48. The molecule has 0 spiro atoms. The molecule has 0 bridgehead atoms. The molecule has 6 unspecified atom stereocenters. The van der Waals surface area contributed by atoms with Crippen LogP contribution < -0.4 is 11.1 Å². The van der Waals surface area contributed by atoms with Gasteiger partial charge in [-0.1, -0.05) is 58.7 Å². The third-order valence-corrected chi connectivity index (χ3v) is 9.35. The Hall–Kier alpha value is -4.58. The number of aromatic nitrogens is 6. The van der Waals surface area contributed by atoms with E-state index >= 15 is 0 Å². The molecule has 13 nitrogen and oxygen atoms in total. The number of rotatable bonds is 10. The molecular weight excluding hydrogens is 740 g/mol. The number of nitrogens with one attached hydrogen (secondary N) is 1. The van der Waals surface area contributed by atoms with Crippen molar-refractivity contribution in [2.75, 3.05) is 19.7 Å². The van der Waals surface area contributed by atoms with Crippen LogP contribution in [0.25, 0.3) is 16.9 Å². The summed E-state index contributed by atoms with van der Waals surface area (Å²) in [5.74, 6) is -3.89. The molecule has 4 heterocycles. The Kier molecular flexibility index (Phi) is 11.0. The van der Waals surface area contributed by atoms with E-state index in [-0.39, 0.29) is 30.2 Å². The largest absolute Gasteiger partial charge is 0.441 e. The zero-order valence-electron chi connectivity index (χ0n) is 28.0. The third-order valence-electron chi connectivity index (χ3n) is 8.79. The quantitative estimate of drug-likeness (QED) is 0.124. The molecule has 3 N–H and O–H groups in total. The normalized spacial score (nSPS) is 22.7. The summed E-state index contributed by atoms with van der Waals surface area (Å²) >= 11 is 13.0. The number of hydrogen-bond donors (Lipinski definition) is 2. The van der Waals surface area contributed by atoms with E-state index in [9.17, 15) is 18.0 Å². The fraction of sp³-hybridized carbons (Fsp3) is 0.343. The van der Waals surface area contributed by atoms with Crippen molar-refractivity contribution >= 4 is 29.3 Å². The number of hydrogen-bond acceptors (Lipinski definition) is 10. The van der Waals surface area contributed by atoms with E-state index in [2.05, 4.69) is 25.7 Å². The number of carbonyl (C=O) groups is 1. The number of amides is 1. The van der Waals surface area contributed by atoms with Crippen molar-refractivity contribution in [3.8, 4) is 16.9 Å². The number of benzene rings is 3. The van der Waals surface area contributed by atoms with Gasteiger partial charge >= 0.3 is 6.09 Å². The van der Waals surface area contributed by atoms with Crippen LogP contribution in [0.2, 0.25) is 10.0 Å². The molecule has 0 aliphatic carbocycles. The summed E-state index contributed by atoms with van der Waals surface area (Å²) in [6.07, 6.45) is -3.14. The highest BCUT2D eigenvalue weighted by atomic mass is 35.5. The van der Waals surface area contributed by atoms with Gasteiger partial charge in [0.2, 0.25) is 0 Å². The summed E-state index contributed by atoms with van der Waals surface area (Å²) < 4.78 is 70.9. The van der Waals surface area contributed by atoms with Crippen LogP contribution in [0.5, 0.6) is 0 Å². The van der Waals surface area contributed by atoms with Crippen LogP contribution >= 0.6 is 23.2 Å². The second-order valence-corrected chi connectivity index (χ2v) is 13.3. The zero-order chi connectivity index (χ0) is 37.2. The van der Waals surface area contributed by atoms with E-state index in [1.54, 1.807) is 25.1 Å². The van der Waals surface area contributed by atoms with E-state index in [0.717, 1.165) is 12.1 Å². The number of halogens is 5. The first kappa shape index (κ1) is 36.8. The highest BCUT2D eigenvalue weighted by molar-refractivity contribution is 6.34. The van der Waals surface area contributed by atoms with Crippen LogP contribution in [0.1, 0.15) is 48.5 Å². The van der Waals surface area contributed by atoms with Gasteiger partial charge in [-0.25, -0.2) is 32.3 Å². The molecule has 2 saturated heterocycles. The Labute approximate surface area is 311 Å². The minimum Gasteiger partial charge on any atom is -0.441 e. The predicted molar refractivity (Wildman–Crippen MR) is 185 cm³/mol. The molecule has 2 aliphatic heterocycles. The van der Waals surface area contributed by atoms with Crippen LogP contribution in [0.4, 0.5) is 18.0 Å². The number of ether oxygens (including phenoxy) is 4. The molecule has 5 aromatic rings. The number of unbranched alkanes of at least 4 members (excludes halogenated alkanes) is 1. The summed E-state index contributed by atoms with van der Waals surface area (Å²) in [5, 5.41) is 16.5. The molecule has 2 fully saturated rings. The number of aryl methyl sites for hydroxylation is 1. The van der Waals surface area contributed by atoms with Crippen molar-refractivity contribution in [2.45, 2.75) is 56.5 Å². The Morgan fingerprint density at radius 3 is 2.58 bits per heavy atom. The number of alkyl carbamates (subject to hydrolysis) is 1. The molecule has 278 valence electrons. The molecule has 6 atom stereocenters. The molecule has 18 heteroatoms. The van der Waals surface area contributed by atoms with Gasteiger partial charge in [-0.05, 0) is 56.6 Å². The van der Waals surface area contributed by atoms with Gasteiger partial charge in [0.15, 0.2) is 41.8 Å². The Balaban J connectivity index is 1.35. The molecule has 1 amide bonds. The van der Waals surface area contributed by atoms with Crippen molar-refractivity contribution < 1.29 is 36.9 Å². The molecule has 2 aliphatic rings. The topological polar surface area (TPSA) is 153 Å². The van der Waals surface area contributed by atoms with Crippen LogP contribution in [-0.4, -0.2) is 73.9 Å². The summed E-state index contributed by atoms with van der Waals surface area (Å²) in [6.45, 7) is 2.41. The second kappa shape index (κ2) is 15.8. The third kappa shape index (κ3) is 7.74. The minimum absolute atomic E-state index is 0.00349. The van der Waals surface area contributed by atoms with Gasteiger partial charge in [-0.15, -0.1) is 5.10 Å². The standard InChI is InChI=1S/C35H33Cl2F3N8O5/c1-18-43-33(48(45-18)26-15-21(36)9-10-22(26)37)32-31(53-35(49)42-12-6-5-11-41)29(30-27(51-32)17-50-34(52-30)19-7-3-2-4-8-19)47-16-25(44-46-47)20-13-23(38)28(40)24(39)14-20/h2-4,7-10,13-16,27,29-32,34H,5-6,11-12,17,41H2,1H3,(H,42,49). The number of carbonyl (C=O) groups excluding carboxylic acids is 1. The average Bonchev–Trinajstić information content (AvgIpc) is 3.80. The average molecular weight is 774 g/mol. The van der Waals surface area contributed by atoms with Gasteiger partial charge in [0.05, 0.1) is 23.5 Å². The van der Waals surface area contributed by atoms with E-state index in [1.165, 1.54) is 15.6 Å². The van der Waals surface area contributed by atoms with Gasteiger partial charge in [0.25, 0.3) is 0 Å². The Bertz CT molecular complexity index is 2070. The van der Waals surface area contributed by atoms with Gasteiger partial charge < -0.3 is 30.0 Å². The second-order valence-electron chi connectivity index (χ2n) is 12.4. The van der Waals surface area contributed by atoms with Gasteiger partial charge in [-0.3, -0.25) is 0 Å². The summed E-state index contributed by atoms with van der Waals surface area (Å²) in [7, 11) is 0. The first-order chi connectivity index (χ1) is 25.6. The lowest BCUT2D eigenvalue weighted by molar-refractivity contribution is -0.318. The van der Waals surface area contributed by atoms with Gasteiger partial charge in [-0.2, -0.15) is 5.10 Å². The molecule has 2 aromatic heterocycles. The van der Waals surface area contributed by atoms with E-state index < -0.39 is 60.3 Å². The number of nitrogens with two attached hydrogens (primary N) is 1. The van der Waals surface area contributed by atoms with Crippen LogP contribution in [0.3, 0.4) is 0 Å². The van der Waals surface area contributed by atoms with E-state index in [0.29, 0.717) is 46.5 Å². The van der Waals surface area contributed by atoms with Gasteiger partial charge in [0, 0.05) is 22.7 Å². The Morgan fingerprint density at radius 1 is 1.06 bits per heavy atom. The summed E-state index contributed by atoms with van der Waals surface area (Å²) in [4.78, 5) is 18.2. The fourth-order valence-corrected chi connectivity index (χ4v) is 6.71. The minimum atomic E-state index is -1.62. The Morgan fingerprint density at radius 2 is 1.83 bits per heavy atom. The maximum Gasteiger partial charge on any atom is 0.407 e. The monoisotopic (exact) mass is 772 g/mol. The van der Waals surface area contributed by atoms with Crippen molar-refractivity contribution in [2.24, 2.45) is 5.73 Å². The highest BCUT2D eigenvalue weighted by Crippen LogP contribution is 2.46. The molecule has 53 heavy (non-hydrogen) atoms. The number of fused-ring (bicyclic) bond motifs is 1. The molecule has 7 rings (SSSR count). The SMILES string of the molecule is Cc1nc(C2OC3COC(c4ccccc4)OC3C(n3cc(-c4cc(F)c(F)c(F)c4)nn3)C2OC(=O)NCCCCN)n(-c2cc(Cl)ccc2Cl)n1. The lowest BCUT2D eigenvalue weighted by atomic mass is 9.90. The van der Waals surface area contributed by atoms with Crippen LogP contribution in [0.15, 0.2) is 66.9 Å². The molecule has 3 aromatic carbocycles. The lowest BCUT2D eigenvalue weighted by Crippen LogP contribution is -2.58. The maximum absolute atomic E-state index is 14.3. The zero-order valence-corrected chi connectivity index (χ0v) is 29.6. The maximum atomic E-state index is 14.3. The molecule has 0 saturated carbocycles. The van der Waals surface area contributed by atoms with Crippen molar-refractivity contribution in [3.05, 3.63) is 112 Å². The van der Waals surface area contributed by atoms with Crippen LogP contribution in [-0.2, 0) is 18.9 Å². The van der Waals surface area contributed by atoms with Gasteiger partial charge in [0.1, 0.15) is 29.8 Å². The predicted octanol–water partition coefficient (Wildman–Crippen LogP) is 6.19. The fourth-order valence-electron chi connectivity index (χ4n) is 6.35. The molecule has 0 radical (unpaired) electrons. The van der Waals surface area contributed by atoms with E-state index in [1.807, 2.05) is 30.3 Å². The van der Waals surface area contributed by atoms with Crippen molar-refractivity contribution in [1.82, 2.24) is 35.1 Å². The number of nitrogens with zero attached hydrogens (tertiary/aromatic N) is 6. The molecular formula is C35H33Cl2F3N8O5. The smallest absolute Gasteiger partial charge is 0.407 e. The summed E-state index contributed by atoms with van der Waals surface area (Å²) in [6, 6.07) is 14.6. The van der Waals surface area contributed by atoms with Crippen molar-refractivity contribution in [3.63, 3.8) is 0 Å². The van der Waals surface area contributed by atoms with E-state index in [4.69, 9.17) is 47.9 Å². The highest BCUT2D eigenvalue weighted by Gasteiger charge is 2.55.